The maximum Gasteiger partial charge on any atom is 0.170 e. The molecule has 1 heterocycles. The summed E-state index contributed by atoms with van der Waals surface area (Å²) in [5.74, 6) is -0.286. The van der Waals surface area contributed by atoms with Crippen molar-refractivity contribution in [3.63, 3.8) is 0 Å². The second kappa shape index (κ2) is 4.74. The number of hydrogen-bond donors (Lipinski definition) is 0. The highest BCUT2D eigenvalue weighted by Gasteiger charge is 2.09. The molecule has 2 rings (SSSR count). The van der Waals surface area contributed by atoms with E-state index in [0.29, 0.717) is 5.56 Å². The van der Waals surface area contributed by atoms with E-state index in [2.05, 4.69) is 5.10 Å². The number of ketones is 2. The molecule has 0 unspecified atom stereocenters. The van der Waals surface area contributed by atoms with Crippen LogP contribution < -0.4 is 0 Å². The molecule has 2 aromatic rings. The molecule has 0 aliphatic carbocycles. The fourth-order valence-corrected chi connectivity index (χ4v) is 1.57. The third-order valence-electron chi connectivity index (χ3n) is 2.35. The Labute approximate surface area is 98.9 Å². The molecule has 0 bridgehead atoms. The molecule has 0 aliphatic rings. The lowest BCUT2D eigenvalue weighted by Gasteiger charge is -2.03. The fourth-order valence-electron chi connectivity index (χ4n) is 1.57. The number of Topliss-reactive ketones (excluding diaryl/α,β-unsaturated/α-hetero) is 2. The molecule has 0 spiro atoms. The van der Waals surface area contributed by atoms with Crippen LogP contribution in [-0.4, -0.2) is 21.3 Å². The van der Waals surface area contributed by atoms with Crippen molar-refractivity contribution >= 4 is 11.6 Å². The van der Waals surface area contributed by atoms with E-state index in [-0.39, 0.29) is 18.0 Å². The first-order chi connectivity index (χ1) is 8.16. The molecule has 1 aromatic carbocycles. The zero-order chi connectivity index (χ0) is 12.3. The molecule has 17 heavy (non-hydrogen) atoms. The lowest BCUT2D eigenvalue weighted by atomic mass is 10.1. The minimum absolute atomic E-state index is 0.0530. The summed E-state index contributed by atoms with van der Waals surface area (Å²) in [5, 5.41) is 4.09. The summed E-state index contributed by atoms with van der Waals surface area (Å²) in [7, 11) is 0. The smallest absolute Gasteiger partial charge is 0.170 e. The van der Waals surface area contributed by atoms with E-state index in [1.54, 1.807) is 35.3 Å². The van der Waals surface area contributed by atoms with Crippen molar-refractivity contribution in [1.29, 1.82) is 0 Å². The number of carbonyl (C=O) groups excluding carboxylic acids is 2. The number of aromatic nitrogens is 2. The van der Waals surface area contributed by atoms with E-state index in [1.165, 1.54) is 6.92 Å². The number of rotatable bonds is 4. The molecule has 0 saturated heterocycles. The first kappa shape index (κ1) is 11.3. The molecule has 4 nitrogen and oxygen atoms in total. The van der Waals surface area contributed by atoms with Gasteiger partial charge < -0.3 is 0 Å². The van der Waals surface area contributed by atoms with Crippen LogP contribution in [0, 0.1) is 0 Å². The molecule has 0 amide bonds. The molecule has 0 saturated carbocycles. The maximum atomic E-state index is 11.7. The van der Waals surface area contributed by atoms with Crippen LogP contribution in [0.3, 0.4) is 0 Å². The minimum atomic E-state index is -0.161. The van der Waals surface area contributed by atoms with Gasteiger partial charge in [0.25, 0.3) is 0 Å². The van der Waals surface area contributed by atoms with E-state index in [1.807, 2.05) is 12.1 Å². The van der Waals surface area contributed by atoms with Gasteiger partial charge in [0.05, 0.1) is 12.1 Å². The average molecular weight is 228 g/mol. The first-order valence-corrected chi connectivity index (χ1v) is 5.29. The quantitative estimate of drug-likeness (QED) is 0.594. The van der Waals surface area contributed by atoms with E-state index in [9.17, 15) is 9.59 Å². The van der Waals surface area contributed by atoms with Gasteiger partial charge in [-0.05, 0) is 25.1 Å². The van der Waals surface area contributed by atoms with Gasteiger partial charge >= 0.3 is 0 Å². The first-order valence-electron chi connectivity index (χ1n) is 5.29. The van der Waals surface area contributed by atoms with Crippen molar-refractivity contribution in [3.05, 3.63) is 48.3 Å². The van der Waals surface area contributed by atoms with Crippen LogP contribution in [-0.2, 0) is 4.79 Å². The molecular weight excluding hydrogens is 216 g/mol. The van der Waals surface area contributed by atoms with Gasteiger partial charge in [-0.2, -0.15) is 5.10 Å². The van der Waals surface area contributed by atoms with Gasteiger partial charge in [-0.3, -0.25) is 9.59 Å². The standard InChI is InChI=1S/C13H12N2O2/c1-10(16)8-13(17)11-4-2-5-12(9-11)15-7-3-6-14-15/h2-7,9H,8H2,1H3. The van der Waals surface area contributed by atoms with E-state index in [4.69, 9.17) is 0 Å². The Kier molecular flexibility index (Phi) is 3.14. The van der Waals surface area contributed by atoms with Crippen molar-refractivity contribution < 1.29 is 9.59 Å². The second-order valence-electron chi connectivity index (χ2n) is 3.80. The molecule has 1 aromatic heterocycles. The van der Waals surface area contributed by atoms with Crippen molar-refractivity contribution in [2.45, 2.75) is 13.3 Å². The summed E-state index contributed by atoms with van der Waals surface area (Å²) in [6, 6.07) is 8.89. The monoisotopic (exact) mass is 228 g/mol. The average Bonchev–Trinajstić information content (AvgIpc) is 2.82. The Hall–Kier alpha value is -2.23. The van der Waals surface area contributed by atoms with Crippen molar-refractivity contribution in [1.82, 2.24) is 9.78 Å². The van der Waals surface area contributed by atoms with Gasteiger partial charge in [0.15, 0.2) is 5.78 Å². The third-order valence-corrected chi connectivity index (χ3v) is 2.35. The summed E-state index contributed by atoms with van der Waals surface area (Å²) < 4.78 is 1.67. The lowest BCUT2D eigenvalue weighted by Crippen LogP contribution is -2.06. The van der Waals surface area contributed by atoms with Crippen LogP contribution in [0.15, 0.2) is 42.7 Å². The summed E-state index contributed by atoms with van der Waals surface area (Å²) in [5.41, 5.74) is 1.35. The Morgan fingerprint density at radius 3 is 2.76 bits per heavy atom. The zero-order valence-electron chi connectivity index (χ0n) is 9.46. The lowest BCUT2D eigenvalue weighted by molar-refractivity contribution is -0.116. The van der Waals surface area contributed by atoms with Crippen LogP contribution in [0.5, 0.6) is 0 Å². The predicted octanol–water partition coefficient (Wildman–Crippen LogP) is 2.03. The molecule has 0 N–H and O–H groups in total. The van der Waals surface area contributed by atoms with Crippen LogP contribution in [0.25, 0.3) is 5.69 Å². The summed E-state index contributed by atoms with van der Waals surface area (Å²) in [4.78, 5) is 22.6. The topological polar surface area (TPSA) is 52.0 Å². The molecule has 4 heteroatoms. The Balaban J connectivity index is 2.29. The molecular formula is C13H12N2O2. The SMILES string of the molecule is CC(=O)CC(=O)c1cccc(-n2cccn2)c1. The van der Waals surface area contributed by atoms with Crippen LogP contribution in [0.1, 0.15) is 23.7 Å². The fraction of sp³-hybridized carbons (Fsp3) is 0.154. The number of benzene rings is 1. The summed E-state index contributed by atoms with van der Waals surface area (Å²) in [6.07, 6.45) is 3.42. The Morgan fingerprint density at radius 2 is 2.12 bits per heavy atom. The Morgan fingerprint density at radius 1 is 1.29 bits per heavy atom. The molecule has 0 aliphatic heterocycles. The largest absolute Gasteiger partial charge is 0.300 e. The van der Waals surface area contributed by atoms with Gasteiger partial charge in [0.1, 0.15) is 5.78 Å². The predicted molar refractivity (Wildman–Crippen MR) is 63.2 cm³/mol. The number of carbonyl (C=O) groups is 2. The molecule has 0 fully saturated rings. The van der Waals surface area contributed by atoms with E-state index >= 15 is 0 Å². The van der Waals surface area contributed by atoms with Gasteiger partial charge in [0.2, 0.25) is 0 Å². The molecule has 86 valence electrons. The van der Waals surface area contributed by atoms with Gasteiger partial charge in [-0.15, -0.1) is 0 Å². The normalized spacial score (nSPS) is 10.2. The molecule has 0 atom stereocenters. The summed E-state index contributed by atoms with van der Waals surface area (Å²) >= 11 is 0. The highest BCUT2D eigenvalue weighted by molar-refractivity contribution is 6.07. The van der Waals surface area contributed by atoms with Crippen molar-refractivity contribution in [2.75, 3.05) is 0 Å². The zero-order valence-corrected chi connectivity index (χ0v) is 9.46. The van der Waals surface area contributed by atoms with Crippen LogP contribution >= 0.6 is 0 Å². The maximum absolute atomic E-state index is 11.7. The minimum Gasteiger partial charge on any atom is -0.300 e. The highest BCUT2D eigenvalue weighted by Crippen LogP contribution is 2.11. The number of hydrogen-bond acceptors (Lipinski definition) is 3. The van der Waals surface area contributed by atoms with Crippen molar-refractivity contribution in [2.24, 2.45) is 0 Å². The van der Waals surface area contributed by atoms with Gasteiger partial charge in [0, 0.05) is 18.0 Å². The Bertz CT molecular complexity index is 544. The van der Waals surface area contributed by atoms with E-state index < -0.39 is 0 Å². The third kappa shape index (κ3) is 2.66. The second-order valence-corrected chi connectivity index (χ2v) is 3.80. The van der Waals surface area contributed by atoms with Gasteiger partial charge in [-0.25, -0.2) is 4.68 Å². The van der Waals surface area contributed by atoms with E-state index in [0.717, 1.165) is 5.69 Å². The van der Waals surface area contributed by atoms with Crippen LogP contribution in [0.2, 0.25) is 0 Å². The van der Waals surface area contributed by atoms with Crippen molar-refractivity contribution in [3.8, 4) is 5.69 Å². The number of nitrogens with zero attached hydrogens (tertiary/aromatic N) is 2. The highest BCUT2D eigenvalue weighted by atomic mass is 16.1. The molecule has 0 radical (unpaired) electrons. The van der Waals surface area contributed by atoms with Crippen LogP contribution in [0.4, 0.5) is 0 Å². The summed E-state index contributed by atoms with van der Waals surface area (Å²) in [6.45, 7) is 1.41. The van der Waals surface area contributed by atoms with Gasteiger partial charge in [-0.1, -0.05) is 12.1 Å².